The number of nitrogens with one attached hydrogen (secondary N) is 1. The molecular weight excluding hydrogens is 309 g/mol. The van der Waals surface area contributed by atoms with Gasteiger partial charge in [-0.15, -0.1) is 0 Å². The molecule has 1 aromatic rings. The summed E-state index contributed by atoms with van der Waals surface area (Å²) in [5.41, 5.74) is 0.881. The van der Waals surface area contributed by atoms with Gasteiger partial charge in [-0.3, -0.25) is 4.72 Å². The monoisotopic (exact) mass is 325 g/mol. The topological polar surface area (TPSA) is 62.3 Å². The molecule has 0 unspecified atom stereocenters. The smallest absolute Gasteiger partial charge is 0.268 e. The predicted molar refractivity (Wildman–Crippen MR) is 79.1 cm³/mol. The second kappa shape index (κ2) is 6.74. The van der Waals surface area contributed by atoms with E-state index < -0.39 is 10.2 Å². The summed E-state index contributed by atoms with van der Waals surface area (Å²) in [7, 11) is -2.11. The van der Waals surface area contributed by atoms with Gasteiger partial charge >= 0.3 is 10.2 Å². The molecule has 0 atom stereocenters. The van der Waals surface area contributed by atoms with E-state index in [2.05, 4.69) is 9.71 Å². The van der Waals surface area contributed by atoms with Gasteiger partial charge in [0.15, 0.2) is 5.15 Å². The van der Waals surface area contributed by atoms with Crippen LogP contribution in [-0.2, 0) is 10.2 Å². The largest absolute Gasteiger partial charge is 0.301 e. The summed E-state index contributed by atoms with van der Waals surface area (Å²) in [5, 5.41) is 0.266. The van der Waals surface area contributed by atoms with Crippen molar-refractivity contribution in [3.8, 4) is 0 Å². The predicted octanol–water partition coefficient (Wildman–Crippen LogP) is 3.09. The number of hydrogen-bond acceptors (Lipinski definition) is 3. The normalized spacial score (nSPS) is 11.9. The van der Waals surface area contributed by atoms with Crippen LogP contribution in [0.4, 0.5) is 5.69 Å². The molecule has 1 rings (SSSR count). The van der Waals surface area contributed by atoms with Gasteiger partial charge in [0, 0.05) is 13.6 Å². The average Bonchev–Trinajstić information content (AvgIpc) is 2.30. The molecule has 5 nitrogen and oxygen atoms in total. The number of aryl methyl sites for hydroxylation is 1. The molecule has 0 aromatic carbocycles. The molecular formula is C11H17Cl2N3O2S. The molecule has 0 amide bonds. The summed E-state index contributed by atoms with van der Waals surface area (Å²) in [6, 6.07) is 1.55. The lowest BCUT2D eigenvalue weighted by molar-refractivity contribution is 0.463. The van der Waals surface area contributed by atoms with Gasteiger partial charge in [0.05, 0.1) is 5.69 Å². The molecule has 0 aliphatic rings. The van der Waals surface area contributed by atoms with Gasteiger partial charge in [-0.05, 0) is 25.0 Å². The fourth-order valence-corrected chi connectivity index (χ4v) is 3.10. The zero-order chi connectivity index (χ0) is 14.6. The van der Waals surface area contributed by atoms with E-state index in [9.17, 15) is 8.42 Å². The summed E-state index contributed by atoms with van der Waals surface area (Å²) < 4.78 is 27.9. The lowest BCUT2D eigenvalue weighted by Gasteiger charge is -2.19. The Hall–Kier alpha value is -0.560. The molecule has 0 saturated heterocycles. The van der Waals surface area contributed by atoms with Crippen molar-refractivity contribution in [2.45, 2.75) is 26.7 Å². The number of unbranched alkanes of at least 4 members (excludes halogenated alkanes) is 1. The van der Waals surface area contributed by atoms with Crippen LogP contribution in [0.3, 0.4) is 0 Å². The number of hydrogen-bond donors (Lipinski definition) is 1. The molecule has 0 aliphatic carbocycles. The van der Waals surface area contributed by atoms with Gasteiger partial charge in [0.25, 0.3) is 0 Å². The van der Waals surface area contributed by atoms with Gasteiger partial charge in [0.1, 0.15) is 5.15 Å². The molecule has 0 fully saturated rings. The third kappa shape index (κ3) is 4.49. The molecule has 19 heavy (non-hydrogen) atoms. The number of pyridine rings is 1. The first-order valence-corrected chi connectivity index (χ1v) is 8.04. The van der Waals surface area contributed by atoms with Crippen molar-refractivity contribution >= 4 is 39.1 Å². The van der Waals surface area contributed by atoms with Crippen molar-refractivity contribution in [3.63, 3.8) is 0 Å². The lowest BCUT2D eigenvalue weighted by Crippen LogP contribution is -2.33. The summed E-state index contributed by atoms with van der Waals surface area (Å²) in [5.74, 6) is 0. The Bertz CT molecular complexity index is 526. The number of anilines is 1. The van der Waals surface area contributed by atoms with Crippen molar-refractivity contribution in [3.05, 3.63) is 21.9 Å². The minimum absolute atomic E-state index is 0.0393. The summed E-state index contributed by atoms with van der Waals surface area (Å²) in [4.78, 5) is 3.83. The number of rotatable bonds is 6. The maximum absolute atomic E-state index is 12.1. The third-order valence-electron chi connectivity index (χ3n) is 2.61. The molecule has 1 heterocycles. The van der Waals surface area contributed by atoms with Gasteiger partial charge in [-0.2, -0.15) is 12.7 Å². The first kappa shape index (κ1) is 16.5. The van der Waals surface area contributed by atoms with Crippen molar-refractivity contribution in [1.29, 1.82) is 0 Å². The minimum Gasteiger partial charge on any atom is -0.268 e. The van der Waals surface area contributed by atoms with Crippen molar-refractivity contribution < 1.29 is 8.42 Å². The molecule has 1 N–H and O–H groups in total. The lowest BCUT2D eigenvalue weighted by atomic mass is 10.3. The fraction of sp³-hybridized carbons (Fsp3) is 0.545. The summed E-state index contributed by atoms with van der Waals surface area (Å²) in [6.07, 6.45) is 1.71. The van der Waals surface area contributed by atoms with E-state index in [1.807, 2.05) is 6.92 Å². The summed E-state index contributed by atoms with van der Waals surface area (Å²) >= 11 is 11.7. The molecule has 0 radical (unpaired) electrons. The molecule has 0 aliphatic heterocycles. The van der Waals surface area contributed by atoms with E-state index in [1.54, 1.807) is 13.0 Å². The Morgan fingerprint density at radius 3 is 2.58 bits per heavy atom. The van der Waals surface area contributed by atoms with Crippen LogP contribution < -0.4 is 4.72 Å². The Balaban J connectivity index is 2.96. The molecule has 0 saturated carbocycles. The highest BCUT2D eigenvalue weighted by molar-refractivity contribution is 7.90. The van der Waals surface area contributed by atoms with Gasteiger partial charge in [-0.25, -0.2) is 4.98 Å². The number of nitrogens with zero attached hydrogens (tertiary/aromatic N) is 2. The summed E-state index contributed by atoms with van der Waals surface area (Å²) in [6.45, 7) is 4.16. The third-order valence-corrected chi connectivity index (χ3v) is 4.54. The van der Waals surface area contributed by atoms with Crippen LogP contribution in [0.1, 0.15) is 25.3 Å². The average molecular weight is 326 g/mol. The van der Waals surface area contributed by atoms with Crippen LogP contribution in [-0.4, -0.2) is 31.3 Å². The SMILES string of the molecule is CCCCN(C)S(=O)(=O)Nc1c(C)cc(Cl)nc1Cl. The molecule has 108 valence electrons. The van der Waals surface area contributed by atoms with E-state index in [-0.39, 0.29) is 16.0 Å². The molecule has 0 bridgehead atoms. The van der Waals surface area contributed by atoms with E-state index in [0.29, 0.717) is 12.1 Å². The van der Waals surface area contributed by atoms with Crippen molar-refractivity contribution in [2.24, 2.45) is 0 Å². The first-order valence-electron chi connectivity index (χ1n) is 5.84. The fourth-order valence-electron chi connectivity index (χ4n) is 1.43. The van der Waals surface area contributed by atoms with Crippen LogP contribution in [0.5, 0.6) is 0 Å². The highest BCUT2D eigenvalue weighted by atomic mass is 35.5. The van der Waals surface area contributed by atoms with Crippen LogP contribution >= 0.6 is 23.2 Å². The Labute approximate surface area is 124 Å². The van der Waals surface area contributed by atoms with Crippen LogP contribution in [0.2, 0.25) is 10.3 Å². The van der Waals surface area contributed by atoms with Gasteiger partial charge in [0.2, 0.25) is 0 Å². The highest BCUT2D eigenvalue weighted by Gasteiger charge is 2.20. The Morgan fingerprint density at radius 1 is 1.42 bits per heavy atom. The zero-order valence-electron chi connectivity index (χ0n) is 11.1. The van der Waals surface area contributed by atoms with Crippen molar-refractivity contribution in [1.82, 2.24) is 9.29 Å². The van der Waals surface area contributed by atoms with Crippen LogP contribution in [0, 0.1) is 6.92 Å². The second-order valence-corrected chi connectivity index (χ2v) is 6.73. The molecule has 8 heteroatoms. The second-order valence-electron chi connectivity index (χ2n) is 4.21. The van der Waals surface area contributed by atoms with Crippen molar-refractivity contribution in [2.75, 3.05) is 18.3 Å². The molecule has 0 spiro atoms. The Morgan fingerprint density at radius 2 is 2.05 bits per heavy atom. The Kier molecular flexibility index (Phi) is 5.85. The quantitative estimate of drug-likeness (QED) is 0.817. The molecule has 1 aromatic heterocycles. The maximum Gasteiger partial charge on any atom is 0.301 e. The maximum atomic E-state index is 12.1. The van der Waals surface area contributed by atoms with Gasteiger partial charge in [-0.1, -0.05) is 36.5 Å². The van der Waals surface area contributed by atoms with Crippen LogP contribution in [0.15, 0.2) is 6.07 Å². The van der Waals surface area contributed by atoms with Crippen LogP contribution in [0.25, 0.3) is 0 Å². The van der Waals surface area contributed by atoms with E-state index >= 15 is 0 Å². The standard InChI is InChI=1S/C11H17Cl2N3O2S/c1-4-5-6-16(3)19(17,18)15-10-8(2)7-9(12)14-11(10)13/h7,15H,4-6H2,1-3H3. The van der Waals surface area contributed by atoms with E-state index in [0.717, 1.165) is 12.8 Å². The van der Waals surface area contributed by atoms with Gasteiger partial charge < -0.3 is 0 Å². The number of aromatic nitrogens is 1. The zero-order valence-corrected chi connectivity index (χ0v) is 13.4. The highest BCUT2D eigenvalue weighted by Crippen LogP contribution is 2.27. The van der Waals surface area contributed by atoms with E-state index in [1.165, 1.54) is 11.4 Å². The van der Waals surface area contributed by atoms with E-state index in [4.69, 9.17) is 23.2 Å². The number of halogens is 2. The first-order chi connectivity index (χ1) is 8.77. The minimum atomic E-state index is -3.63.